The van der Waals surface area contributed by atoms with E-state index < -0.39 is 108 Å². The van der Waals surface area contributed by atoms with E-state index in [1.54, 1.807) is 52.9 Å². The van der Waals surface area contributed by atoms with E-state index in [4.69, 9.17) is 42.6 Å². The van der Waals surface area contributed by atoms with Crippen LogP contribution in [0.5, 0.6) is 0 Å². The molecule has 21 heteroatoms. The maximum absolute atomic E-state index is 14.8. The summed E-state index contributed by atoms with van der Waals surface area (Å²) in [5, 5.41) is 35.5. The fourth-order valence-corrected chi connectivity index (χ4v) is 11.2. The van der Waals surface area contributed by atoms with Crippen molar-refractivity contribution in [3.63, 3.8) is 0 Å². The number of cyclic esters (lactones) is 1. The predicted molar refractivity (Wildman–Crippen MR) is 254 cm³/mol. The molecule has 20 nitrogen and oxygen atoms in total. The number of rotatable bonds is 12. The predicted octanol–water partition coefficient (Wildman–Crippen LogP) is 4.80. The first-order chi connectivity index (χ1) is 33.3. The number of amides is 1. The number of aromatic nitrogens is 3. The number of carbonyl (C=O) groups is 3. The molecular weight excluding hydrogens is 928 g/mol. The molecule has 4 fully saturated rings. The number of aliphatic hydroxyl groups excluding tert-OH is 1. The number of nitrogens with zero attached hydrogens (tertiary/aromatic N) is 5. The van der Waals surface area contributed by atoms with Crippen molar-refractivity contribution in [3.8, 4) is 0 Å². The molecule has 1 amide bonds. The smallest absolute Gasteiger partial charge is 0.458 e. The molecular formula is C50H79FN6O14. The second-order valence-corrected chi connectivity index (χ2v) is 21.3. The molecule has 400 valence electrons. The number of aliphatic hydroxyl groups is 2. The Balaban J connectivity index is 1.28. The molecule has 0 saturated carbocycles. The maximum atomic E-state index is 14.8. The maximum Gasteiger partial charge on any atom is 0.509 e. The minimum absolute atomic E-state index is 0.0136. The van der Waals surface area contributed by atoms with Crippen molar-refractivity contribution >= 4 is 18.2 Å². The Morgan fingerprint density at radius 1 is 1.03 bits per heavy atom. The molecule has 1 aromatic carbocycles. The van der Waals surface area contributed by atoms with Gasteiger partial charge >= 0.3 is 18.2 Å². The normalized spacial score (nSPS) is 39.9. The van der Waals surface area contributed by atoms with Gasteiger partial charge in [0, 0.05) is 38.1 Å². The van der Waals surface area contributed by atoms with Gasteiger partial charge in [0.1, 0.15) is 29.3 Å². The lowest BCUT2D eigenvalue weighted by Crippen LogP contribution is -2.61. The highest BCUT2D eigenvalue weighted by molar-refractivity contribution is 5.73. The van der Waals surface area contributed by atoms with E-state index in [2.05, 4.69) is 15.6 Å². The Morgan fingerprint density at radius 3 is 2.41 bits per heavy atom. The molecule has 4 aliphatic heterocycles. The average molecular weight is 1010 g/mol. The lowest BCUT2D eigenvalue weighted by atomic mass is 9.77. The Labute approximate surface area is 417 Å². The summed E-state index contributed by atoms with van der Waals surface area (Å²) in [6.07, 6.45) is -8.34. The zero-order valence-electron chi connectivity index (χ0n) is 43.9. The van der Waals surface area contributed by atoms with Gasteiger partial charge in [-0.1, -0.05) is 38.1 Å². The molecule has 1 aromatic heterocycles. The largest absolute Gasteiger partial charge is 0.509 e. The number of hydrogen-bond donors (Lipinski definition) is 3. The van der Waals surface area contributed by atoms with Gasteiger partial charge in [0.2, 0.25) is 0 Å². The van der Waals surface area contributed by atoms with Crippen molar-refractivity contribution in [1.29, 1.82) is 0 Å². The average Bonchev–Trinajstić information content (AvgIpc) is 3.88. The van der Waals surface area contributed by atoms with Crippen LogP contribution in [0.4, 0.5) is 14.0 Å². The highest BCUT2D eigenvalue weighted by Crippen LogP contribution is 2.42. The number of halogens is 1. The number of ether oxygens (including phenoxy) is 9. The van der Waals surface area contributed by atoms with Gasteiger partial charge in [-0.3, -0.25) is 9.69 Å². The number of nitrogens with one attached hydrogen (secondary N) is 1. The number of carbonyl (C=O) groups excluding carboxylic acids is 3. The molecule has 0 radical (unpaired) electrons. The summed E-state index contributed by atoms with van der Waals surface area (Å²) in [6, 6.07) is 5.44. The molecule has 5 heterocycles. The van der Waals surface area contributed by atoms with Crippen LogP contribution in [-0.4, -0.2) is 178 Å². The Hall–Kier alpha value is -4.06. The van der Waals surface area contributed by atoms with Crippen molar-refractivity contribution in [2.75, 3.05) is 34.8 Å². The first-order valence-electron chi connectivity index (χ1n) is 24.9. The van der Waals surface area contributed by atoms with E-state index in [0.717, 1.165) is 0 Å². The third kappa shape index (κ3) is 13.0. The molecule has 4 aliphatic rings. The number of esters is 1. The van der Waals surface area contributed by atoms with Gasteiger partial charge in [0.05, 0.1) is 55.2 Å². The van der Waals surface area contributed by atoms with Crippen molar-refractivity contribution in [2.45, 2.75) is 198 Å². The first kappa shape index (κ1) is 56.2. The van der Waals surface area contributed by atoms with Crippen molar-refractivity contribution in [2.24, 2.45) is 17.8 Å². The first-order valence-corrected chi connectivity index (χ1v) is 24.9. The van der Waals surface area contributed by atoms with Gasteiger partial charge in [-0.15, -0.1) is 5.10 Å². The Morgan fingerprint density at radius 2 is 1.75 bits per heavy atom. The third-order valence-corrected chi connectivity index (χ3v) is 15.1. The van der Waals surface area contributed by atoms with Crippen LogP contribution in [0.2, 0.25) is 0 Å². The quantitative estimate of drug-likeness (QED) is 0.192. The van der Waals surface area contributed by atoms with Gasteiger partial charge in [-0.25, -0.2) is 18.7 Å². The molecule has 4 saturated heterocycles. The summed E-state index contributed by atoms with van der Waals surface area (Å²) in [7, 11) is 7.14. The zero-order valence-corrected chi connectivity index (χ0v) is 43.9. The summed E-state index contributed by atoms with van der Waals surface area (Å²) in [5.74, 6) is -3.12. The monoisotopic (exact) mass is 1010 g/mol. The van der Waals surface area contributed by atoms with E-state index in [1.165, 1.54) is 23.9 Å². The van der Waals surface area contributed by atoms with Gasteiger partial charge in [-0.05, 0) is 112 Å². The minimum atomic E-state index is -1.63. The second-order valence-electron chi connectivity index (χ2n) is 21.3. The van der Waals surface area contributed by atoms with E-state index in [9.17, 15) is 29.0 Å². The Bertz CT molecular complexity index is 2120. The molecule has 0 spiro atoms. The van der Waals surface area contributed by atoms with Crippen LogP contribution in [0.15, 0.2) is 30.5 Å². The van der Waals surface area contributed by atoms with Gasteiger partial charge in [0.15, 0.2) is 30.4 Å². The highest BCUT2D eigenvalue weighted by atomic mass is 19.1. The van der Waals surface area contributed by atoms with Crippen LogP contribution in [0.1, 0.15) is 106 Å². The van der Waals surface area contributed by atoms with E-state index in [0.29, 0.717) is 24.2 Å². The topological polar surface area (TPSA) is 224 Å². The van der Waals surface area contributed by atoms with E-state index in [1.807, 2.05) is 65.6 Å². The van der Waals surface area contributed by atoms with Gasteiger partial charge < -0.3 is 63.1 Å². The van der Waals surface area contributed by atoms with Crippen LogP contribution in [0, 0.1) is 23.6 Å². The molecule has 0 unspecified atom stereocenters. The van der Waals surface area contributed by atoms with Crippen LogP contribution >= 0.6 is 0 Å². The lowest BCUT2D eigenvalue weighted by molar-refractivity contribution is -0.317. The van der Waals surface area contributed by atoms with Gasteiger partial charge in [0.25, 0.3) is 0 Å². The fourth-order valence-electron chi connectivity index (χ4n) is 11.2. The van der Waals surface area contributed by atoms with E-state index >= 15 is 0 Å². The van der Waals surface area contributed by atoms with Crippen LogP contribution < -0.4 is 5.32 Å². The van der Waals surface area contributed by atoms with Crippen LogP contribution in [-0.2, 0) is 60.5 Å². The fraction of sp³-hybridized carbons (Fsp3) is 0.780. The van der Waals surface area contributed by atoms with E-state index in [-0.39, 0.29) is 56.2 Å². The number of likely N-dealkylation sites (N-methyl/N-ethyl adjacent to an activating group) is 2. The second kappa shape index (κ2) is 23.0. The number of methoxy groups -OCH3 is 1. The summed E-state index contributed by atoms with van der Waals surface area (Å²) in [5.41, 5.74) is -3.04. The lowest BCUT2D eigenvalue weighted by Gasteiger charge is -2.49. The Kier molecular flexibility index (Phi) is 18.2. The van der Waals surface area contributed by atoms with Crippen molar-refractivity contribution in [3.05, 3.63) is 47.5 Å². The number of benzene rings is 1. The number of alkyl carbamates (subject to hydrolysis) is 1. The molecule has 0 bridgehead atoms. The number of fused-ring (bicyclic) bond motifs is 1. The summed E-state index contributed by atoms with van der Waals surface area (Å²) >= 11 is 0. The third-order valence-electron chi connectivity index (χ3n) is 15.1. The molecule has 2 aromatic rings. The van der Waals surface area contributed by atoms with Crippen molar-refractivity contribution in [1.82, 2.24) is 30.1 Å². The molecule has 71 heavy (non-hydrogen) atoms. The summed E-state index contributed by atoms with van der Waals surface area (Å²) in [4.78, 5) is 45.0. The highest BCUT2D eigenvalue weighted by Gasteiger charge is 2.58. The van der Waals surface area contributed by atoms with Crippen LogP contribution in [0.25, 0.3) is 0 Å². The zero-order chi connectivity index (χ0) is 52.3. The SMILES string of the molecule is CC[C@H]1OC(=O)[C@H](C)[C@@H](O[C@H]2C[C@@](C)(OC)[C@@H](OC(=O)NCc3cn(Cc4cccc(F)c4)nn3)[C@H](C)O2)[C@H](C)[C@@H](O[C@@H]2O[C@H](C)C[C@H](N(C)C)[C@H]2O)[C@](C)(O)C[C@@H](C)CN(C)[C@H](C)[C@H]2OC(=O)O[C@@]21C. The summed E-state index contributed by atoms with van der Waals surface area (Å²) < 4.78 is 71.9. The number of hydrogen-bond acceptors (Lipinski definition) is 18. The van der Waals surface area contributed by atoms with Gasteiger partial charge in [-0.2, -0.15) is 0 Å². The van der Waals surface area contributed by atoms with Crippen LogP contribution in [0.3, 0.4) is 0 Å². The molecule has 6 rings (SSSR count). The summed E-state index contributed by atoms with van der Waals surface area (Å²) in [6.45, 7) is 18.7. The minimum Gasteiger partial charge on any atom is -0.458 e. The molecule has 18 atom stereocenters. The standard InChI is InChI=1S/C50H79FN6O14/c1-15-37-50(10)42(70-47(61)71-50)31(6)56(13)24-27(2)21-48(8,62)41(68-45-39(58)36(55(11)12)19-28(3)64-45)29(4)40(30(5)44(59)66-37)67-38-22-49(9,63-14)43(32(7)65-38)69-46(60)52-23-35-26-57(54-53-35)25-33-17-16-18-34(51)20-33/h16-18,20,26-32,36-43,45,58,62H,15,19,21-25H2,1-14H3,(H,52,60)/t27-,28-,29+,30-,31-,32+,36+,37-,38+,39-,40+,41-,42-,43+,45+,48-,49-,50-/m1/s1. The molecule has 3 N–H and O–H groups in total. The van der Waals surface area contributed by atoms with Crippen molar-refractivity contribution < 1.29 is 71.6 Å². The molecule has 0 aliphatic carbocycles.